The lowest BCUT2D eigenvalue weighted by Crippen LogP contribution is -2.15. The number of thioether (sulfide) groups is 1. The van der Waals surface area contributed by atoms with Gasteiger partial charge in [0.25, 0.3) is 5.56 Å². The van der Waals surface area contributed by atoms with Gasteiger partial charge in [-0.1, -0.05) is 23.4 Å². The number of nitrogens with zero attached hydrogens (tertiary/aromatic N) is 3. The first kappa shape index (κ1) is 15.9. The molecule has 1 heterocycles. The number of rotatable bonds is 4. The molecule has 22 heavy (non-hydrogen) atoms. The number of nitrogens with one attached hydrogen (secondary N) is 1. The van der Waals surface area contributed by atoms with Gasteiger partial charge in [0, 0.05) is 10.6 Å². The van der Waals surface area contributed by atoms with Crippen LogP contribution in [0.3, 0.4) is 0 Å². The molecule has 2 aromatic rings. The number of hydrogen-bond acceptors (Lipinski definition) is 6. The van der Waals surface area contributed by atoms with E-state index in [1.807, 2.05) is 12.1 Å². The summed E-state index contributed by atoms with van der Waals surface area (Å²) in [6, 6.07) is 8.40. The van der Waals surface area contributed by atoms with Crippen LogP contribution in [-0.4, -0.2) is 22.8 Å². The second kappa shape index (κ2) is 6.99. The summed E-state index contributed by atoms with van der Waals surface area (Å²) in [5, 5.41) is 18.6. The number of H-pyrrole nitrogens is 1. The highest BCUT2D eigenvalue weighted by Crippen LogP contribution is 2.33. The van der Waals surface area contributed by atoms with E-state index in [9.17, 15) is 10.1 Å². The van der Waals surface area contributed by atoms with E-state index in [0.717, 1.165) is 0 Å². The van der Waals surface area contributed by atoms with Crippen LogP contribution in [0.25, 0.3) is 11.3 Å². The fraction of sp³-hybridized carbons (Fsp3) is 0.143. The highest BCUT2D eigenvalue weighted by molar-refractivity contribution is 7.98. The quantitative estimate of drug-likeness (QED) is 0.682. The third-order valence-electron chi connectivity index (χ3n) is 2.69. The minimum absolute atomic E-state index is 0.137. The van der Waals surface area contributed by atoms with Crippen LogP contribution in [0, 0.1) is 22.7 Å². The summed E-state index contributed by atoms with van der Waals surface area (Å²) in [5.41, 5.74) is -0.114. The van der Waals surface area contributed by atoms with Crippen molar-refractivity contribution in [2.45, 2.75) is 5.16 Å². The molecule has 0 bridgehead atoms. The lowest BCUT2D eigenvalue weighted by Gasteiger charge is -2.11. The van der Waals surface area contributed by atoms with Crippen molar-refractivity contribution in [1.82, 2.24) is 9.97 Å². The van der Waals surface area contributed by atoms with E-state index in [1.165, 1.54) is 11.8 Å². The topological polar surface area (TPSA) is 103 Å². The third kappa shape index (κ3) is 3.22. The van der Waals surface area contributed by atoms with Crippen molar-refractivity contribution in [3.8, 4) is 29.1 Å². The molecular weight excluding hydrogens is 324 g/mol. The summed E-state index contributed by atoms with van der Waals surface area (Å²) >= 11 is 7.22. The number of aromatic amines is 1. The lowest BCUT2D eigenvalue weighted by molar-refractivity contribution is 0.369. The van der Waals surface area contributed by atoms with Crippen molar-refractivity contribution in [1.29, 1.82) is 10.5 Å². The molecule has 0 aliphatic rings. The zero-order chi connectivity index (χ0) is 16.1. The molecule has 2 rings (SSSR count). The standard InChI is InChI=1S/C14H9ClN4O2S/c1-22-14-18-12(10(7-17)13(20)19-14)9-6-8(15)2-3-11(9)21-5-4-16/h2-3,6H,5H2,1H3,(H,18,19,20). The van der Waals surface area contributed by atoms with E-state index < -0.39 is 5.56 Å². The van der Waals surface area contributed by atoms with Crippen LogP contribution in [0.1, 0.15) is 5.56 Å². The van der Waals surface area contributed by atoms with Gasteiger partial charge in [0.2, 0.25) is 0 Å². The van der Waals surface area contributed by atoms with Crippen molar-refractivity contribution in [2.75, 3.05) is 12.9 Å². The summed E-state index contributed by atoms with van der Waals surface area (Å²) in [5.74, 6) is 0.326. The first-order valence-corrected chi connectivity index (χ1v) is 7.59. The molecule has 0 amide bonds. The Bertz CT molecular complexity index is 851. The smallest absolute Gasteiger partial charge is 0.270 e. The minimum Gasteiger partial charge on any atom is -0.478 e. The third-order valence-corrected chi connectivity index (χ3v) is 3.51. The second-order valence-corrected chi connectivity index (χ2v) is 5.23. The first-order valence-electron chi connectivity index (χ1n) is 5.98. The molecule has 0 aliphatic carbocycles. The normalized spacial score (nSPS) is 9.82. The summed E-state index contributed by atoms with van der Waals surface area (Å²) in [7, 11) is 0. The maximum Gasteiger partial charge on any atom is 0.270 e. The molecule has 1 aromatic carbocycles. The Morgan fingerprint density at radius 2 is 2.23 bits per heavy atom. The highest BCUT2D eigenvalue weighted by atomic mass is 35.5. The minimum atomic E-state index is -0.539. The number of halogens is 1. The fourth-order valence-electron chi connectivity index (χ4n) is 1.77. The van der Waals surface area contributed by atoms with Gasteiger partial charge in [0.15, 0.2) is 11.8 Å². The predicted molar refractivity (Wildman–Crippen MR) is 82.9 cm³/mol. The van der Waals surface area contributed by atoms with Gasteiger partial charge < -0.3 is 9.72 Å². The van der Waals surface area contributed by atoms with Gasteiger partial charge in [-0.2, -0.15) is 10.5 Å². The maximum absolute atomic E-state index is 12.0. The first-order chi connectivity index (χ1) is 10.6. The van der Waals surface area contributed by atoms with E-state index in [0.29, 0.717) is 21.5 Å². The molecular formula is C14H9ClN4O2S. The summed E-state index contributed by atoms with van der Waals surface area (Å²) in [6.45, 7) is -0.172. The van der Waals surface area contributed by atoms with Crippen molar-refractivity contribution in [3.05, 3.63) is 39.1 Å². The monoisotopic (exact) mass is 332 g/mol. The average molecular weight is 333 g/mol. The van der Waals surface area contributed by atoms with Crippen LogP contribution >= 0.6 is 23.4 Å². The van der Waals surface area contributed by atoms with Crippen LogP contribution in [0.4, 0.5) is 0 Å². The van der Waals surface area contributed by atoms with Crippen molar-refractivity contribution >= 4 is 23.4 Å². The molecule has 6 nitrogen and oxygen atoms in total. The molecule has 0 saturated heterocycles. The van der Waals surface area contributed by atoms with Gasteiger partial charge >= 0.3 is 0 Å². The fourth-order valence-corrected chi connectivity index (χ4v) is 2.32. The van der Waals surface area contributed by atoms with Crippen LogP contribution < -0.4 is 10.3 Å². The molecule has 0 radical (unpaired) electrons. The summed E-state index contributed by atoms with van der Waals surface area (Å²) < 4.78 is 5.32. The van der Waals surface area contributed by atoms with E-state index in [4.69, 9.17) is 21.6 Å². The Balaban J connectivity index is 2.73. The average Bonchev–Trinajstić information content (AvgIpc) is 2.52. The van der Waals surface area contributed by atoms with Crippen molar-refractivity contribution in [2.24, 2.45) is 0 Å². The molecule has 0 atom stereocenters. The number of nitriles is 2. The lowest BCUT2D eigenvalue weighted by atomic mass is 10.1. The van der Waals surface area contributed by atoms with Gasteiger partial charge in [0.05, 0.1) is 0 Å². The largest absolute Gasteiger partial charge is 0.478 e. The van der Waals surface area contributed by atoms with Gasteiger partial charge in [-0.3, -0.25) is 4.79 Å². The van der Waals surface area contributed by atoms with Crippen molar-refractivity contribution < 1.29 is 4.74 Å². The number of benzene rings is 1. The molecule has 0 fully saturated rings. The zero-order valence-corrected chi connectivity index (χ0v) is 13.0. The van der Waals surface area contributed by atoms with Crippen LogP contribution in [0.15, 0.2) is 28.2 Å². The Labute approximate surface area is 135 Å². The molecule has 0 spiro atoms. The molecule has 8 heteroatoms. The van der Waals surface area contributed by atoms with Crippen LogP contribution in [0.5, 0.6) is 5.75 Å². The summed E-state index contributed by atoms with van der Waals surface area (Å²) in [6.07, 6.45) is 1.75. The van der Waals surface area contributed by atoms with Gasteiger partial charge in [-0.25, -0.2) is 4.98 Å². The molecule has 110 valence electrons. The Morgan fingerprint density at radius 1 is 1.45 bits per heavy atom. The van der Waals surface area contributed by atoms with E-state index >= 15 is 0 Å². The Hall–Kier alpha value is -2.48. The van der Waals surface area contributed by atoms with Gasteiger partial charge in [-0.05, 0) is 24.5 Å². The van der Waals surface area contributed by atoms with Crippen LogP contribution in [0.2, 0.25) is 5.02 Å². The number of ether oxygens (including phenoxy) is 1. The van der Waals surface area contributed by atoms with E-state index in [1.54, 1.807) is 24.5 Å². The van der Waals surface area contributed by atoms with Gasteiger partial charge in [-0.15, -0.1) is 0 Å². The maximum atomic E-state index is 12.0. The molecule has 0 aliphatic heterocycles. The van der Waals surface area contributed by atoms with Gasteiger partial charge in [0.1, 0.15) is 29.1 Å². The SMILES string of the molecule is CSc1nc(-c2cc(Cl)ccc2OCC#N)c(C#N)c(=O)[nH]1. The molecule has 1 N–H and O–H groups in total. The predicted octanol–water partition coefficient (Wildman–Crippen LogP) is 2.59. The summed E-state index contributed by atoms with van der Waals surface area (Å²) in [4.78, 5) is 18.8. The second-order valence-electron chi connectivity index (χ2n) is 4.00. The number of hydrogen-bond donors (Lipinski definition) is 1. The van der Waals surface area contributed by atoms with E-state index in [2.05, 4.69) is 9.97 Å². The zero-order valence-electron chi connectivity index (χ0n) is 11.4. The molecule has 0 unspecified atom stereocenters. The van der Waals surface area contributed by atoms with Crippen LogP contribution in [-0.2, 0) is 0 Å². The highest BCUT2D eigenvalue weighted by Gasteiger charge is 2.17. The molecule has 0 saturated carbocycles. The Kier molecular flexibility index (Phi) is 5.05. The Morgan fingerprint density at radius 3 is 2.86 bits per heavy atom. The number of aromatic nitrogens is 2. The van der Waals surface area contributed by atoms with E-state index in [-0.39, 0.29) is 17.9 Å². The molecule has 1 aromatic heterocycles. The van der Waals surface area contributed by atoms with Crippen molar-refractivity contribution in [3.63, 3.8) is 0 Å².